The van der Waals surface area contributed by atoms with Crippen LogP contribution in [-0.4, -0.2) is 42.9 Å². The molecule has 0 spiro atoms. The molecule has 3 aromatic rings. The fraction of sp³-hybridized carbons (Fsp3) is 0.345. The topological polar surface area (TPSA) is 29.5 Å². The SMILES string of the molecule is O=C(O[C@H]1C[N+]2(CCc3cccc(F)c3)CCC1CC2)N(Cc1ccc(F)cc1)c1cccc(F)c1.[Br-]. The van der Waals surface area contributed by atoms with Crippen molar-refractivity contribution in [1.82, 2.24) is 0 Å². The molecule has 1 atom stereocenters. The smallest absolute Gasteiger partial charge is 0.415 e. The molecule has 3 aliphatic rings. The Balaban J connectivity index is 0.00000320. The van der Waals surface area contributed by atoms with Crippen molar-refractivity contribution < 1.29 is 44.2 Å². The summed E-state index contributed by atoms with van der Waals surface area (Å²) in [7, 11) is 0. The lowest BCUT2D eigenvalue weighted by Gasteiger charge is -2.52. The predicted molar refractivity (Wildman–Crippen MR) is 132 cm³/mol. The van der Waals surface area contributed by atoms with Crippen LogP contribution in [0.15, 0.2) is 72.8 Å². The van der Waals surface area contributed by atoms with Crippen molar-refractivity contribution >= 4 is 11.8 Å². The minimum atomic E-state index is -0.535. The van der Waals surface area contributed by atoms with Crippen LogP contribution in [0.3, 0.4) is 0 Å². The van der Waals surface area contributed by atoms with Gasteiger partial charge in [0.05, 0.1) is 31.9 Å². The number of halogens is 4. The Morgan fingerprint density at radius 2 is 1.54 bits per heavy atom. The van der Waals surface area contributed by atoms with E-state index in [1.807, 2.05) is 6.07 Å². The van der Waals surface area contributed by atoms with E-state index in [1.54, 1.807) is 36.4 Å². The fourth-order valence-corrected chi connectivity index (χ4v) is 5.60. The second-order valence-corrected chi connectivity index (χ2v) is 10.0. The van der Waals surface area contributed by atoms with Crippen LogP contribution in [0.2, 0.25) is 0 Å². The van der Waals surface area contributed by atoms with Crippen molar-refractivity contribution in [3.63, 3.8) is 0 Å². The first-order valence-corrected chi connectivity index (χ1v) is 12.5. The van der Waals surface area contributed by atoms with Crippen molar-refractivity contribution in [2.24, 2.45) is 5.92 Å². The maximum absolute atomic E-state index is 14.0. The van der Waals surface area contributed by atoms with Crippen LogP contribution < -0.4 is 21.9 Å². The maximum Gasteiger partial charge on any atom is 0.415 e. The van der Waals surface area contributed by atoms with E-state index in [2.05, 4.69) is 0 Å². The summed E-state index contributed by atoms with van der Waals surface area (Å²) in [6.07, 6.45) is 1.94. The summed E-state index contributed by atoms with van der Waals surface area (Å²) in [5.41, 5.74) is 2.08. The summed E-state index contributed by atoms with van der Waals surface area (Å²) in [5, 5.41) is 0. The fourth-order valence-electron chi connectivity index (χ4n) is 5.60. The molecule has 6 rings (SSSR count). The number of nitrogens with zero attached hydrogens (tertiary/aromatic N) is 2. The molecule has 0 aliphatic carbocycles. The number of benzene rings is 3. The summed E-state index contributed by atoms with van der Waals surface area (Å²) < 4.78 is 48.0. The van der Waals surface area contributed by atoms with E-state index in [9.17, 15) is 18.0 Å². The number of piperidine rings is 3. The van der Waals surface area contributed by atoms with Gasteiger partial charge in [-0.1, -0.05) is 30.3 Å². The van der Waals surface area contributed by atoms with Crippen LogP contribution >= 0.6 is 0 Å². The van der Waals surface area contributed by atoms with Crippen molar-refractivity contribution in [3.8, 4) is 0 Å². The number of anilines is 1. The molecule has 3 aliphatic heterocycles. The van der Waals surface area contributed by atoms with Crippen molar-refractivity contribution in [2.45, 2.75) is 31.9 Å². The lowest BCUT2D eigenvalue weighted by Crippen LogP contribution is -3.00. The summed E-state index contributed by atoms with van der Waals surface area (Å²) in [4.78, 5) is 14.9. The molecule has 8 heteroatoms. The van der Waals surface area contributed by atoms with Gasteiger partial charge in [0.1, 0.15) is 24.0 Å². The van der Waals surface area contributed by atoms with Gasteiger partial charge < -0.3 is 26.2 Å². The lowest BCUT2D eigenvalue weighted by atomic mass is 9.83. The molecular weight excluding hydrogens is 545 g/mol. The molecule has 1 amide bonds. The molecular formula is C29H30BrF3N2O2. The van der Waals surface area contributed by atoms with Gasteiger partial charge in [-0.2, -0.15) is 0 Å². The Labute approximate surface area is 226 Å². The zero-order valence-electron chi connectivity index (χ0n) is 20.5. The van der Waals surface area contributed by atoms with Crippen LogP contribution in [0, 0.1) is 23.4 Å². The molecule has 0 unspecified atom stereocenters. The molecule has 0 saturated carbocycles. The van der Waals surface area contributed by atoms with Crippen LogP contribution in [0.25, 0.3) is 0 Å². The van der Waals surface area contributed by atoms with Gasteiger partial charge in [0, 0.05) is 25.2 Å². The molecule has 37 heavy (non-hydrogen) atoms. The van der Waals surface area contributed by atoms with Gasteiger partial charge in [0.15, 0.2) is 6.10 Å². The third-order valence-corrected chi connectivity index (χ3v) is 7.65. The van der Waals surface area contributed by atoms with Gasteiger partial charge in [-0.05, 0) is 53.6 Å². The third kappa shape index (κ3) is 6.54. The molecule has 0 radical (unpaired) electrons. The van der Waals surface area contributed by atoms with E-state index in [-0.39, 0.29) is 41.3 Å². The molecule has 0 aromatic heterocycles. The van der Waals surface area contributed by atoms with Gasteiger partial charge in [-0.3, -0.25) is 4.90 Å². The summed E-state index contributed by atoms with van der Waals surface area (Å²) >= 11 is 0. The molecule has 3 fully saturated rings. The van der Waals surface area contributed by atoms with Crippen LogP contribution in [0.5, 0.6) is 0 Å². The first-order valence-electron chi connectivity index (χ1n) is 12.5. The molecule has 3 heterocycles. The van der Waals surface area contributed by atoms with Crippen molar-refractivity contribution in [1.29, 1.82) is 0 Å². The molecule has 4 nitrogen and oxygen atoms in total. The van der Waals surface area contributed by atoms with Gasteiger partial charge in [-0.25, -0.2) is 18.0 Å². The molecule has 2 bridgehead atoms. The zero-order valence-corrected chi connectivity index (χ0v) is 22.0. The van der Waals surface area contributed by atoms with E-state index < -0.39 is 11.9 Å². The largest absolute Gasteiger partial charge is 1.00 e. The normalized spacial score (nSPS) is 22.2. The van der Waals surface area contributed by atoms with Crippen LogP contribution in [0.1, 0.15) is 24.0 Å². The van der Waals surface area contributed by atoms with Gasteiger partial charge in [-0.15, -0.1) is 0 Å². The van der Waals surface area contributed by atoms with Gasteiger partial charge >= 0.3 is 6.09 Å². The Hall–Kier alpha value is -2.84. The lowest BCUT2D eigenvalue weighted by molar-refractivity contribution is -0.945. The number of amides is 1. The quantitative estimate of drug-likeness (QED) is 0.406. The number of carbonyl (C=O) groups excluding carboxylic acids is 1. The predicted octanol–water partition coefficient (Wildman–Crippen LogP) is 3.10. The average Bonchev–Trinajstić information content (AvgIpc) is 2.88. The number of hydrogen-bond donors (Lipinski definition) is 0. The summed E-state index contributed by atoms with van der Waals surface area (Å²) in [6, 6.07) is 18.4. The highest BCUT2D eigenvalue weighted by Crippen LogP contribution is 2.36. The van der Waals surface area contributed by atoms with E-state index in [0.717, 1.165) is 55.5 Å². The monoisotopic (exact) mass is 574 g/mol. The minimum absolute atomic E-state index is 0. The van der Waals surface area contributed by atoms with Crippen LogP contribution in [-0.2, 0) is 17.7 Å². The van der Waals surface area contributed by atoms with E-state index >= 15 is 0 Å². The second-order valence-electron chi connectivity index (χ2n) is 10.0. The van der Waals surface area contributed by atoms with E-state index in [0.29, 0.717) is 17.2 Å². The Kier molecular flexibility index (Phi) is 8.60. The van der Waals surface area contributed by atoms with E-state index in [1.165, 1.54) is 35.2 Å². The highest BCUT2D eigenvalue weighted by molar-refractivity contribution is 5.87. The number of quaternary nitrogens is 1. The molecule has 3 aromatic carbocycles. The second kappa shape index (κ2) is 11.7. The molecule has 0 N–H and O–H groups in total. The van der Waals surface area contributed by atoms with Crippen molar-refractivity contribution in [2.75, 3.05) is 31.1 Å². The number of hydrogen-bond acceptors (Lipinski definition) is 2. The number of ether oxygens (including phenoxy) is 1. The van der Waals surface area contributed by atoms with E-state index in [4.69, 9.17) is 4.74 Å². The zero-order chi connectivity index (χ0) is 25.1. The number of fused-ring (bicyclic) bond motifs is 3. The Morgan fingerprint density at radius 3 is 2.22 bits per heavy atom. The number of carbonyl (C=O) groups is 1. The summed E-state index contributed by atoms with van der Waals surface area (Å²) in [6.45, 7) is 3.78. The first-order chi connectivity index (χ1) is 17.4. The highest BCUT2D eigenvalue weighted by atomic mass is 79.9. The molecule has 196 valence electrons. The number of rotatable bonds is 7. The third-order valence-electron chi connectivity index (χ3n) is 7.65. The standard InChI is InChI=1S/C29H30F3N2O2.BrH/c30-24-9-7-22(8-10-24)19-33(27-6-2-5-26(32)18-27)29(35)36-28-20-34(15-12-23(28)13-16-34)14-11-21-3-1-4-25(31)17-21;/h1-10,17-18,23,28H,11-16,19-20H2;1H/q+1;/p-1/t23?,28-,34?;/m0./s1. The van der Waals surface area contributed by atoms with Crippen molar-refractivity contribution in [3.05, 3.63) is 101 Å². The maximum atomic E-state index is 14.0. The Bertz CT molecular complexity index is 1220. The first kappa shape index (κ1) is 27.2. The van der Waals surface area contributed by atoms with Gasteiger partial charge in [0.25, 0.3) is 0 Å². The van der Waals surface area contributed by atoms with Gasteiger partial charge in [0.2, 0.25) is 0 Å². The summed E-state index contributed by atoms with van der Waals surface area (Å²) in [5.74, 6) is -0.745. The Morgan fingerprint density at radius 1 is 0.865 bits per heavy atom. The average molecular weight is 575 g/mol. The minimum Gasteiger partial charge on any atom is -1.00 e. The highest BCUT2D eigenvalue weighted by Gasteiger charge is 2.47. The van der Waals surface area contributed by atoms with Crippen LogP contribution in [0.4, 0.5) is 23.7 Å². The molecule has 3 saturated heterocycles.